The second-order valence-electron chi connectivity index (χ2n) is 7.45. The fourth-order valence-electron chi connectivity index (χ4n) is 3.68. The van der Waals surface area contributed by atoms with E-state index in [1.54, 1.807) is 40.3 Å². The summed E-state index contributed by atoms with van der Waals surface area (Å²) in [6.45, 7) is 3.19. The lowest BCUT2D eigenvalue weighted by Crippen LogP contribution is -2.39. The molecule has 3 aromatic heterocycles. The van der Waals surface area contributed by atoms with Gasteiger partial charge in [0.25, 0.3) is 5.91 Å². The van der Waals surface area contributed by atoms with Crippen molar-refractivity contribution in [3.8, 4) is 17.1 Å². The van der Waals surface area contributed by atoms with Crippen molar-refractivity contribution in [2.45, 2.75) is 19.7 Å². The van der Waals surface area contributed by atoms with Crippen molar-refractivity contribution in [3.05, 3.63) is 78.1 Å². The van der Waals surface area contributed by atoms with Gasteiger partial charge in [0, 0.05) is 12.7 Å². The van der Waals surface area contributed by atoms with E-state index in [4.69, 9.17) is 4.74 Å². The summed E-state index contributed by atoms with van der Waals surface area (Å²) in [5, 5.41) is 12.8. The SMILES string of the molecule is Cc1ccc(-n2nccn2)c(C(=O)N2CCO[C@H]2Cn2ccc(-c3ccc(F)cn3)n2)c1. The van der Waals surface area contributed by atoms with Crippen molar-refractivity contribution in [3.63, 3.8) is 0 Å². The number of halogens is 1. The van der Waals surface area contributed by atoms with Crippen LogP contribution in [0.25, 0.3) is 17.1 Å². The maximum atomic E-state index is 13.5. The molecule has 1 aliphatic heterocycles. The summed E-state index contributed by atoms with van der Waals surface area (Å²) in [5.41, 5.74) is 3.27. The second-order valence-corrected chi connectivity index (χ2v) is 7.45. The molecule has 0 unspecified atom stereocenters. The fourth-order valence-corrected chi connectivity index (χ4v) is 3.68. The van der Waals surface area contributed by atoms with Crippen molar-refractivity contribution in [2.75, 3.05) is 13.2 Å². The smallest absolute Gasteiger partial charge is 0.258 e. The van der Waals surface area contributed by atoms with E-state index in [0.717, 1.165) is 11.8 Å². The summed E-state index contributed by atoms with van der Waals surface area (Å²) in [6.07, 6.45) is 5.61. The molecule has 0 radical (unpaired) electrons. The first-order valence-corrected chi connectivity index (χ1v) is 10.1. The Kier molecular flexibility index (Phi) is 5.20. The van der Waals surface area contributed by atoms with E-state index in [0.29, 0.717) is 42.3 Å². The summed E-state index contributed by atoms with van der Waals surface area (Å²) in [5.74, 6) is -0.557. The van der Waals surface area contributed by atoms with Gasteiger partial charge in [-0.3, -0.25) is 14.5 Å². The Labute approximate surface area is 183 Å². The maximum Gasteiger partial charge on any atom is 0.258 e. The van der Waals surface area contributed by atoms with Crippen LogP contribution in [0.15, 0.2) is 61.2 Å². The van der Waals surface area contributed by atoms with Gasteiger partial charge in [0.15, 0.2) is 6.23 Å². The first-order chi connectivity index (χ1) is 15.6. The number of aromatic nitrogens is 6. The Bertz CT molecular complexity index is 1240. The Hall–Kier alpha value is -3.92. The molecule has 32 heavy (non-hydrogen) atoms. The van der Waals surface area contributed by atoms with Gasteiger partial charge >= 0.3 is 0 Å². The van der Waals surface area contributed by atoms with Crippen LogP contribution in [0, 0.1) is 12.7 Å². The molecule has 0 N–H and O–H groups in total. The van der Waals surface area contributed by atoms with E-state index in [9.17, 15) is 9.18 Å². The molecule has 1 fully saturated rings. The minimum absolute atomic E-state index is 0.156. The first kappa shape index (κ1) is 20.0. The molecule has 1 amide bonds. The normalized spacial score (nSPS) is 15.9. The van der Waals surface area contributed by atoms with Crippen molar-refractivity contribution in [1.29, 1.82) is 0 Å². The van der Waals surface area contributed by atoms with Crippen LogP contribution in [0.3, 0.4) is 0 Å². The zero-order chi connectivity index (χ0) is 22.1. The molecular formula is C22H20FN7O2. The van der Waals surface area contributed by atoms with E-state index in [1.165, 1.54) is 10.9 Å². The van der Waals surface area contributed by atoms with Crippen molar-refractivity contribution < 1.29 is 13.9 Å². The summed E-state index contributed by atoms with van der Waals surface area (Å²) >= 11 is 0. The van der Waals surface area contributed by atoms with E-state index in [-0.39, 0.29) is 5.91 Å². The largest absolute Gasteiger partial charge is 0.354 e. The monoisotopic (exact) mass is 433 g/mol. The predicted octanol–water partition coefficient (Wildman–Crippen LogP) is 2.47. The molecular weight excluding hydrogens is 413 g/mol. The molecule has 1 atom stereocenters. The van der Waals surface area contributed by atoms with Gasteiger partial charge in [0.05, 0.1) is 48.7 Å². The van der Waals surface area contributed by atoms with Gasteiger partial charge in [-0.1, -0.05) is 11.6 Å². The molecule has 0 saturated carbocycles. The lowest BCUT2D eigenvalue weighted by atomic mass is 10.1. The van der Waals surface area contributed by atoms with Crippen molar-refractivity contribution in [1.82, 2.24) is 34.7 Å². The van der Waals surface area contributed by atoms with E-state index < -0.39 is 12.0 Å². The highest BCUT2D eigenvalue weighted by Crippen LogP contribution is 2.22. The summed E-state index contributed by atoms with van der Waals surface area (Å²) in [6, 6.07) is 10.3. The van der Waals surface area contributed by atoms with Crippen LogP contribution in [0.5, 0.6) is 0 Å². The lowest BCUT2D eigenvalue weighted by Gasteiger charge is -2.24. The number of aryl methyl sites for hydroxylation is 1. The highest BCUT2D eigenvalue weighted by atomic mass is 19.1. The highest BCUT2D eigenvalue weighted by Gasteiger charge is 2.32. The Morgan fingerprint density at radius 3 is 2.78 bits per heavy atom. The third kappa shape index (κ3) is 3.87. The topological polar surface area (TPSA) is 91.0 Å². The van der Waals surface area contributed by atoms with Crippen LogP contribution in [0.2, 0.25) is 0 Å². The van der Waals surface area contributed by atoms with Crippen molar-refractivity contribution in [2.24, 2.45) is 0 Å². The Morgan fingerprint density at radius 2 is 2.00 bits per heavy atom. The molecule has 1 aliphatic rings. The molecule has 0 spiro atoms. The van der Waals surface area contributed by atoms with Gasteiger partial charge in [-0.05, 0) is 37.3 Å². The minimum Gasteiger partial charge on any atom is -0.354 e. The molecule has 162 valence electrons. The van der Waals surface area contributed by atoms with E-state index >= 15 is 0 Å². The van der Waals surface area contributed by atoms with Crippen molar-refractivity contribution >= 4 is 5.91 Å². The van der Waals surface area contributed by atoms with Gasteiger partial charge in [-0.25, -0.2) is 4.39 Å². The van der Waals surface area contributed by atoms with Crippen LogP contribution in [-0.2, 0) is 11.3 Å². The van der Waals surface area contributed by atoms with Gasteiger partial charge in [0.2, 0.25) is 0 Å². The standard InChI is InChI=1S/C22H20FN7O2/c1-15-2-5-20(30-25-7-8-26-30)17(12-15)22(31)29-10-11-32-21(29)14-28-9-6-19(27-28)18-4-3-16(23)13-24-18/h2-9,12-13,21H,10-11,14H2,1H3/t21-/m0/s1. The van der Waals surface area contributed by atoms with E-state index in [2.05, 4.69) is 20.3 Å². The highest BCUT2D eigenvalue weighted by molar-refractivity contribution is 5.98. The molecule has 9 nitrogen and oxygen atoms in total. The maximum absolute atomic E-state index is 13.5. The van der Waals surface area contributed by atoms with Crippen LogP contribution >= 0.6 is 0 Å². The lowest BCUT2D eigenvalue weighted by molar-refractivity contribution is 0.0172. The van der Waals surface area contributed by atoms with E-state index in [1.807, 2.05) is 25.1 Å². The number of carbonyl (C=O) groups excluding carboxylic acids is 1. The Balaban J connectivity index is 1.37. The quantitative estimate of drug-likeness (QED) is 0.480. The molecule has 1 saturated heterocycles. The molecule has 0 aliphatic carbocycles. The average molecular weight is 433 g/mol. The Morgan fingerprint density at radius 1 is 1.16 bits per heavy atom. The number of pyridine rings is 1. The zero-order valence-electron chi connectivity index (χ0n) is 17.3. The zero-order valence-corrected chi connectivity index (χ0v) is 17.3. The molecule has 4 heterocycles. The van der Waals surface area contributed by atoms with Crippen LogP contribution < -0.4 is 0 Å². The number of hydrogen-bond acceptors (Lipinski definition) is 6. The fraction of sp³-hybridized carbons (Fsp3) is 0.227. The van der Waals surface area contributed by atoms with Crippen LogP contribution in [-0.4, -0.2) is 59.9 Å². The minimum atomic E-state index is -0.477. The molecule has 0 bridgehead atoms. The molecule has 1 aromatic carbocycles. The molecule has 10 heteroatoms. The number of ether oxygens (including phenoxy) is 1. The predicted molar refractivity (Wildman–Crippen MR) is 112 cm³/mol. The van der Waals surface area contributed by atoms with Crippen LogP contribution in [0.4, 0.5) is 4.39 Å². The summed E-state index contributed by atoms with van der Waals surface area (Å²) in [7, 11) is 0. The van der Waals surface area contributed by atoms with Gasteiger partial charge < -0.3 is 9.64 Å². The number of hydrogen-bond donors (Lipinski definition) is 0. The van der Waals surface area contributed by atoms with Gasteiger partial charge in [-0.15, -0.1) is 0 Å². The average Bonchev–Trinajstić information content (AvgIpc) is 3.56. The van der Waals surface area contributed by atoms with Gasteiger partial charge in [0.1, 0.15) is 11.5 Å². The first-order valence-electron chi connectivity index (χ1n) is 10.1. The number of nitrogens with zero attached hydrogens (tertiary/aromatic N) is 7. The van der Waals surface area contributed by atoms with Gasteiger partial charge in [-0.2, -0.15) is 20.1 Å². The number of amides is 1. The van der Waals surface area contributed by atoms with Crippen LogP contribution in [0.1, 0.15) is 15.9 Å². The summed E-state index contributed by atoms with van der Waals surface area (Å²) in [4.78, 5) is 20.7. The summed E-state index contributed by atoms with van der Waals surface area (Å²) < 4.78 is 20.7. The molecule has 4 aromatic rings. The third-order valence-corrected chi connectivity index (χ3v) is 5.24. The number of benzene rings is 1. The number of rotatable bonds is 5. The third-order valence-electron chi connectivity index (χ3n) is 5.24. The molecule has 5 rings (SSSR count). The second kappa shape index (κ2) is 8.31. The number of carbonyl (C=O) groups is 1.